The summed E-state index contributed by atoms with van der Waals surface area (Å²) in [5, 5.41) is 5.85. The second kappa shape index (κ2) is 10.2. The van der Waals surface area contributed by atoms with Gasteiger partial charge >= 0.3 is 6.09 Å². The Morgan fingerprint density at radius 1 is 1.09 bits per heavy atom. The predicted octanol–water partition coefficient (Wildman–Crippen LogP) is 5.20. The van der Waals surface area contributed by atoms with Gasteiger partial charge in [0.2, 0.25) is 5.91 Å². The molecule has 0 unspecified atom stereocenters. The van der Waals surface area contributed by atoms with Crippen molar-refractivity contribution >= 4 is 17.7 Å². The van der Waals surface area contributed by atoms with Gasteiger partial charge in [0.25, 0.3) is 0 Å². The van der Waals surface area contributed by atoms with E-state index in [4.69, 9.17) is 4.74 Å². The Bertz CT molecular complexity index is 900. The van der Waals surface area contributed by atoms with Gasteiger partial charge in [-0.3, -0.25) is 4.79 Å². The van der Waals surface area contributed by atoms with Crippen molar-refractivity contribution in [3.63, 3.8) is 0 Å². The number of aromatic nitrogens is 2. The number of benzene rings is 1. The average Bonchev–Trinajstić information content (AvgIpc) is 2.91. The van der Waals surface area contributed by atoms with Crippen LogP contribution in [0, 0.1) is 12.8 Å². The second-order valence-corrected chi connectivity index (χ2v) is 9.73. The third kappa shape index (κ3) is 6.34. The number of imidazole rings is 1. The zero-order valence-electron chi connectivity index (χ0n) is 19.9. The molecule has 1 saturated carbocycles. The molecular weight excluding hydrogens is 404 g/mol. The highest BCUT2D eigenvalue weighted by Crippen LogP contribution is 2.28. The Morgan fingerprint density at radius 2 is 1.72 bits per heavy atom. The number of nitrogens with zero attached hydrogens (tertiary/aromatic N) is 2. The molecule has 0 aliphatic heterocycles. The van der Waals surface area contributed by atoms with Gasteiger partial charge in [0.05, 0.1) is 17.7 Å². The number of hydrogen-bond acceptors (Lipinski definition) is 4. The van der Waals surface area contributed by atoms with E-state index in [-0.39, 0.29) is 11.8 Å². The lowest BCUT2D eigenvalue weighted by atomic mass is 9.91. The van der Waals surface area contributed by atoms with E-state index >= 15 is 0 Å². The monoisotopic (exact) mass is 440 g/mol. The molecule has 2 amide bonds. The summed E-state index contributed by atoms with van der Waals surface area (Å²) in [5.41, 5.74) is 3.12. The van der Waals surface area contributed by atoms with Gasteiger partial charge in [0, 0.05) is 18.3 Å². The van der Waals surface area contributed by atoms with Crippen molar-refractivity contribution in [2.45, 2.75) is 77.9 Å². The number of amides is 2. The molecule has 7 heteroatoms. The molecule has 7 nitrogen and oxygen atoms in total. The van der Waals surface area contributed by atoms with Crippen molar-refractivity contribution in [3.8, 4) is 11.3 Å². The minimum Gasteiger partial charge on any atom is -0.444 e. The van der Waals surface area contributed by atoms with Gasteiger partial charge in [-0.15, -0.1) is 0 Å². The van der Waals surface area contributed by atoms with Crippen molar-refractivity contribution in [3.05, 3.63) is 36.3 Å². The van der Waals surface area contributed by atoms with E-state index in [9.17, 15) is 9.59 Å². The number of alkyl carbamates (subject to hydrolysis) is 1. The SMILES string of the molecule is Cc1ncn(C)c1-c1ccc(NC(=O)[C@@H](NC(=O)OC(C)(C)C)C2CCCCCC2)cc1. The van der Waals surface area contributed by atoms with Crippen LogP contribution < -0.4 is 10.6 Å². The van der Waals surface area contributed by atoms with Crippen LogP contribution in [-0.4, -0.2) is 33.2 Å². The first-order valence-electron chi connectivity index (χ1n) is 11.5. The number of ether oxygens (including phenoxy) is 1. The number of carbonyl (C=O) groups is 2. The molecule has 1 aromatic carbocycles. The standard InChI is InChI=1S/C25H36N4O3/c1-17-22(29(5)16-26-17)19-12-14-20(15-13-19)27-23(30)21(18-10-8-6-7-9-11-18)28-24(31)32-25(2,3)4/h12-16,18,21H,6-11H2,1-5H3,(H,27,30)(H,28,31)/t21-/m0/s1. The summed E-state index contributed by atoms with van der Waals surface area (Å²) in [5.74, 6) is -0.103. The first-order valence-corrected chi connectivity index (χ1v) is 11.5. The van der Waals surface area contributed by atoms with Crippen LogP contribution in [0.15, 0.2) is 30.6 Å². The van der Waals surface area contributed by atoms with E-state index in [1.54, 1.807) is 6.33 Å². The van der Waals surface area contributed by atoms with Crippen molar-refractivity contribution in [2.24, 2.45) is 13.0 Å². The minimum atomic E-state index is -0.623. The highest BCUT2D eigenvalue weighted by Gasteiger charge is 2.32. The fourth-order valence-corrected chi connectivity index (χ4v) is 4.37. The maximum atomic E-state index is 13.3. The molecule has 0 saturated heterocycles. The normalized spacial score (nSPS) is 16.2. The third-order valence-corrected chi connectivity index (χ3v) is 5.87. The van der Waals surface area contributed by atoms with Crippen molar-refractivity contribution < 1.29 is 14.3 Å². The molecule has 174 valence electrons. The van der Waals surface area contributed by atoms with Gasteiger partial charge in [0.1, 0.15) is 11.6 Å². The number of carbonyl (C=O) groups excluding carboxylic acids is 2. The highest BCUT2D eigenvalue weighted by atomic mass is 16.6. The lowest BCUT2D eigenvalue weighted by Gasteiger charge is -2.28. The molecular formula is C25H36N4O3. The molecule has 32 heavy (non-hydrogen) atoms. The van der Waals surface area contributed by atoms with Crippen molar-refractivity contribution in [1.82, 2.24) is 14.9 Å². The lowest BCUT2D eigenvalue weighted by Crippen LogP contribution is -2.49. The third-order valence-electron chi connectivity index (χ3n) is 5.87. The molecule has 2 N–H and O–H groups in total. The Morgan fingerprint density at radius 3 is 2.25 bits per heavy atom. The van der Waals surface area contributed by atoms with Crippen LogP contribution in [0.3, 0.4) is 0 Å². The molecule has 1 aliphatic carbocycles. The van der Waals surface area contributed by atoms with Gasteiger partial charge in [-0.05, 0) is 58.6 Å². The lowest BCUT2D eigenvalue weighted by molar-refractivity contribution is -0.119. The number of anilines is 1. The van der Waals surface area contributed by atoms with Crippen LogP contribution in [0.2, 0.25) is 0 Å². The van der Waals surface area contributed by atoms with E-state index in [1.807, 2.05) is 63.6 Å². The number of nitrogens with one attached hydrogen (secondary N) is 2. The van der Waals surface area contributed by atoms with Crippen LogP contribution in [-0.2, 0) is 16.6 Å². The Kier molecular flexibility index (Phi) is 7.59. The topological polar surface area (TPSA) is 85.3 Å². The summed E-state index contributed by atoms with van der Waals surface area (Å²) in [4.78, 5) is 30.1. The zero-order chi connectivity index (χ0) is 23.3. The minimum absolute atomic E-state index is 0.0985. The van der Waals surface area contributed by atoms with Gasteiger partial charge in [-0.2, -0.15) is 0 Å². The summed E-state index contributed by atoms with van der Waals surface area (Å²) in [6, 6.07) is 7.10. The largest absolute Gasteiger partial charge is 0.444 e. The molecule has 0 radical (unpaired) electrons. The molecule has 3 rings (SSSR count). The second-order valence-electron chi connectivity index (χ2n) is 9.73. The Labute approximate surface area is 190 Å². The van der Waals surface area contributed by atoms with E-state index in [0.717, 1.165) is 42.6 Å². The van der Waals surface area contributed by atoms with Crippen LogP contribution in [0.4, 0.5) is 10.5 Å². The smallest absolute Gasteiger partial charge is 0.408 e. The molecule has 1 aromatic heterocycles. The zero-order valence-corrected chi connectivity index (χ0v) is 19.9. The summed E-state index contributed by atoms with van der Waals surface area (Å²) in [6.45, 7) is 7.43. The van der Waals surface area contributed by atoms with Crippen LogP contribution in [0.1, 0.15) is 65.0 Å². The quantitative estimate of drug-likeness (QED) is 0.626. The maximum Gasteiger partial charge on any atom is 0.408 e. The van der Waals surface area contributed by atoms with Crippen LogP contribution in [0.5, 0.6) is 0 Å². The fourth-order valence-electron chi connectivity index (χ4n) is 4.37. The molecule has 2 aromatic rings. The Balaban J connectivity index is 1.74. The number of aryl methyl sites for hydroxylation is 2. The van der Waals surface area contributed by atoms with E-state index in [1.165, 1.54) is 12.8 Å². The van der Waals surface area contributed by atoms with E-state index in [2.05, 4.69) is 15.6 Å². The summed E-state index contributed by atoms with van der Waals surface area (Å²) >= 11 is 0. The highest BCUT2D eigenvalue weighted by molar-refractivity contribution is 5.97. The predicted molar refractivity (Wildman–Crippen MR) is 126 cm³/mol. The van der Waals surface area contributed by atoms with Crippen molar-refractivity contribution in [2.75, 3.05) is 5.32 Å². The molecule has 0 bridgehead atoms. The van der Waals surface area contributed by atoms with Crippen LogP contribution in [0.25, 0.3) is 11.3 Å². The molecule has 1 atom stereocenters. The van der Waals surface area contributed by atoms with Gasteiger partial charge < -0.3 is 19.9 Å². The summed E-state index contributed by atoms with van der Waals surface area (Å²) in [6.07, 6.45) is 7.58. The number of hydrogen-bond donors (Lipinski definition) is 2. The molecule has 1 fully saturated rings. The van der Waals surface area contributed by atoms with E-state index < -0.39 is 17.7 Å². The average molecular weight is 441 g/mol. The number of rotatable bonds is 5. The molecule has 1 aliphatic rings. The van der Waals surface area contributed by atoms with Gasteiger partial charge in [-0.1, -0.05) is 37.8 Å². The molecule has 1 heterocycles. The van der Waals surface area contributed by atoms with Crippen LogP contribution >= 0.6 is 0 Å². The first-order chi connectivity index (χ1) is 15.1. The first kappa shape index (κ1) is 23.8. The van der Waals surface area contributed by atoms with Gasteiger partial charge in [0.15, 0.2) is 0 Å². The Hall–Kier alpha value is -2.83. The van der Waals surface area contributed by atoms with Crippen molar-refractivity contribution in [1.29, 1.82) is 0 Å². The fraction of sp³-hybridized carbons (Fsp3) is 0.560. The summed E-state index contributed by atoms with van der Waals surface area (Å²) in [7, 11) is 1.96. The van der Waals surface area contributed by atoms with Gasteiger partial charge in [-0.25, -0.2) is 9.78 Å². The summed E-state index contributed by atoms with van der Waals surface area (Å²) < 4.78 is 7.41. The molecule has 0 spiro atoms. The van der Waals surface area contributed by atoms with E-state index in [0.29, 0.717) is 5.69 Å². The maximum absolute atomic E-state index is 13.3.